The topological polar surface area (TPSA) is 96.6 Å². The lowest BCUT2D eigenvalue weighted by molar-refractivity contribution is 0.108. The maximum atomic E-state index is 11.7. The van der Waals surface area contributed by atoms with Crippen LogP contribution in [0.1, 0.15) is 11.3 Å². The van der Waals surface area contributed by atoms with E-state index in [-0.39, 0.29) is 5.56 Å². The van der Waals surface area contributed by atoms with Crippen molar-refractivity contribution >= 4 is 0 Å². The van der Waals surface area contributed by atoms with E-state index in [0.717, 1.165) is 5.69 Å². The summed E-state index contributed by atoms with van der Waals surface area (Å²) in [5.41, 5.74) is 1.76. The Morgan fingerprint density at radius 1 is 1.44 bits per heavy atom. The van der Waals surface area contributed by atoms with E-state index in [9.17, 15) is 4.79 Å². The highest BCUT2D eigenvalue weighted by Crippen LogP contribution is 2.14. The molecule has 0 unspecified atom stereocenters. The van der Waals surface area contributed by atoms with Crippen molar-refractivity contribution in [3.63, 3.8) is 0 Å². The first-order valence-corrected chi connectivity index (χ1v) is 4.90. The molecule has 2 N–H and O–H groups in total. The number of nitrogens with zero attached hydrogens (tertiary/aromatic N) is 3. The van der Waals surface area contributed by atoms with Crippen molar-refractivity contribution in [2.75, 3.05) is 6.61 Å². The van der Waals surface area contributed by atoms with E-state index in [4.69, 9.17) is 4.74 Å². The lowest BCUT2D eigenvalue weighted by Crippen LogP contribution is -2.24. The average Bonchev–Trinajstić information content (AvgIpc) is 2.82. The molecule has 0 radical (unpaired) electrons. The van der Waals surface area contributed by atoms with E-state index in [1.807, 2.05) is 0 Å². The number of aromatic amines is 2. The summed E-state index contributed by atoms with van der Waals surface area (Å²) in [4.78, 5) is 18.8. The zero-order valence-corrected chi connectivity index (χ0v) is 8.36. The van der Waals surface area contributed by atoms with Crippen LogP contribution in [-0.2, 0) is 17.8 Å². The molecule has 0 atom stereocenters. The minimum atomic E-state index is -0.164. The zero-order chi connectivity index (χ0) is 11.0. The van der Waals surface area contributed by atoms with Crippen LogP contribution in [0.5, 0.6) is 0 Å². The molecule has 7 heteroatoms. The standard InChI is InChI=1S/C9H9N5O2/c15-9-5-4-16-2-1-6(5)11-8(12-9)7-3-10-14-13-7/h3H,1-2,4H2,(H,10,13,14)(H,11,12,15). The Kier molecular flexibility index (Phi) is 2.03. The Hall–Kier alpha value is -2.02. The lowest BCUT2D eigenvalue weighted by atomic mass is 10.1. The molecule has 3 heterocycles. The quantitative estimate of drug-likeness (QED) is 0.682. The number of hydrogen-bond acceptors (Lipinski definition) is 5. The van der Waals surface area contributed by atoms with E-state index in [1.54, 1.807) is 0 Å². The van der Waals surface area contributed by atoms with Crippen molar-refractivity contribution in [1.29, 1.82) is 0 Å². The van der Waals surface area contributed by atoms with Crippen molar-refractivity contribution in [2.45, 2.75) is 13.0 Å². The molecular formula is C9H9N5O2. The van der Waals surface area contributed by atoms with Gasteiger partial charge in [0.05, 0.1) is 30.7 Å². The fraction of sp³-hybridized carbons (Fsp3) is 0.333. The van der Waals surface area contributed by atoms with Crippen LogP contribution in [0.15, 0.2) is 11.0 Å². The van der Waals surface area contributed by atoms with Gasteiger partial charge in [-0.2, -0.15) is 15.4 Å². The molecule has 2 aromatic heterocycles. The van der Waals surface area contributed by atoms with Crippen LogP contribution in [0, 0.1) is 0 Å². The third kappa shape index (κ3) is 1.41. The molecule has 0 bridgehead atoms. The molecule has 1 aliphatic rings. The van der Waals surface area contributed by atoms with Gasteiger partial charge >= 0.3 is 0 Å². The van der Waals surface area contributed by atoms with Gasteiger partial charge in [0.25, 0.3) is 5.56 Å². The van der Waals surface area contributed by atoms with Crippen LogP contribution in [0.3, 0.4) is 0 Å². The van der Waals surface area contributed by atoms with Gasteiger partial charge in [0.1, 0.15) is 5.69 Å². The molecule has 2 aromatic rings. The highest BCUT2D eigenvalue weighted by Gasteiger charge is 2.17. The molecule has 16 heavy (non-hydrogen) atoms. The molecule has 1 aliphatic heterocycles. The smallest absolute Gasteiger partial charge is 0.257 e. The van der Waals surface area contributed by atoms with Crippen LogP contribution >= 0.6 is 0 Å². The van der Waals surface area contributed by atoms with E-state index < -0.39 is 0 Å². The Balaban J connectivity index is 2.16. The molecule has 0 fully saturated rings. The first-order valence-electron chi connectivity index (χ1n) is 4.90. The first-order chi connectivity index (χ1) is 7.84. The Morgan fingerprint density at radius 2 is 2.38 bits per heavy atom. The maximum Gasteiger partial charge on any atom is 0.257 e. The molecule has 0 aromatic carbocycles. The second-order valence-corrected chi connectivity index (χ2v) is 3.50. The molecule has 0 spiro atoms. The van der Waals surface area contributed by atoms with E-state index in [0.29, 0.717) is 36.7 Å². The van der Waals surface area contributed by atoms with Gasteiger partial charge in [-0.25, -0.2) is 4.98 Å². The molecule has 0 amide bonds. The van der Waals surface area contributed by atoms with Crippen molar-refractivity contribution in [2.24, 2.45) is 0 Å². The SMILES string of the molecule is O=c1[nH]c(-c2cn[nH]n2)nc2c1COCC2. The van der Waals surface area contributed by atoms with Crippen LogP contribution in [0.25, 0.3) is 11.5 Å². The van der Waals surface area contributed by atoms with Gasteiger partial charge < -0.3 is 9.72 Å². The average molecular weight is 219 g/mol. The predicted octanol–water partition coefficient (Wildman–Crippen LogP) is -0.372. The summed E-state index contributed by atoms with van der Waals surface area (Å²) in [7, 11) is 0. The second kappa shape index (κ2) is 3.53. The van der Waals surface area contributed by atoms with Crippen molar-refractivity contribution < 1.29 is 4.74 Å². The van der Waals surface area contributed by atoms with Crippen LogP contribution in [0.4, 0.5) is 0 Å². The minimum absolute atomic E-state index is 0.164. The molecule has 7 nitrogen and oxygen atoms in total. The highest BCUT2D eigenvalue weighted by molar-refractivity contribution is 5.46. The van der Waals surface area contributed by atoms with Gasteiger partial charge in [-0.05, 0) is 0 Å². The summed E-state index contributed by atoms with van der Waals surface area (Å²) >= 11 is 0. The summed E-state index contributed by atoms with van der Waals surface area (Å²) in [6, 6.07) is 0. The molecule has 0 saturated heterocycles. The summed E-state index contributed by atoms with van der Waals surface area (Å²) in [6.07, 6.45) is 2.17. The number of H-pyrrole nitrogens is 2. The normalized spacial score (nSPS) is 14.8. The molecular weight excluding hydrogens is 210 g/mol. The van der Waals surface area contributed by atoms with E-state index >= 15 is 0 Å². The monoisotopic (exact) mass is 219 g/mol. The van der Waals surface area contributed by atoms with E-state index in [2.05, 4.69) is 25.4 Å². The molecule has 0 aliphatic carbocycles. The number of ether oxygens (including phenoxy) is 1. The summed E-state index contributed by atoms with van der Waals surface area (Å²) < 4.78 is 5.21. The number of rotatable bonds is 1. The van der Waals surface area contributed by atoms with E-state index in [1.165, 1.54) is 6.20 Å². The molecule has 82 valence electrons. The van der Waals surface area contributed by atoms with Gasteiger partial charge in [-0.15, -0.1) is 0 Å². The van der Waals surface area contributed by atoms with Gasteiger partial charge in [0.15, 0.2) is 5.82 Å². The largest absolute Gasteiger partial charge is 0.376 e. The minimum Gasteiger partial charge on any atom is -0.376 e. The summed E-state index contributed by atoms with van der Waals surface area (Å²) in [5.74, 6) is 0.444. The highest BCUT2D eigenvalue weighted by atomic mass is 16.5. The van der Waals surface area contributed by atoms with Gasteiger partial charge in [-0.1, -0.05) is 0 Å². The fourth-order valence-electron chi connectivity index (χ4n) is 1.68. The Bertz CT molecular complexity index is 560. The van der Waals surface area contributed by atoms with Gasteiger partial charge in [0.2, 0.25) is 0 Å². The number of nitrogens with one attached hydrogen (secondary N) is 2. The number of aromatic nitrogens is 5. The predicted molar refractivity (Wildman–Crippen MR) is 53.6 cm³/mol. The maximum absolute atomic E-state index is 11.7. The number of fused-ring (bicyclic) bond motifs is 1. The molecule has 0 saturated carbocycles. The van der Waals surface area contributed by atoms with Crippen LogP contribution in [0.2, 0.25) is 0 Å². The Labute approximate surface area is 89.9 Å². The second-order valence-electron chi connectivity index (χ2n) is 3.50. The van der Waals surface area contributed by atoms with Gasteiger partial charge in [-0.3, -0.25) is 4.79 Å². The number of hydrogen-bond donors (Lipinski definition) is 2. The van der Waals surface area contributed by atoms with Crippen molar-refractivity contribution in [3.8, 4) is 11.5 Å². The lowest BCUT2D eigenvalue weighted by Gasteiger charge is -2.14. The third-order valence-electron chi connectivity index (χ3n) is 2.49. The van der Waals surface area contributed by atoms with Crippen molar-refractivity contribution in [1.82, 2.24) is 25.4 Å². The molecule has 3 rings (SSSR count). The summed E-state index contributed by atoms with van der Waals surface area (Å²) in [5, 5.41) is 10.0. The fourth-order valence-corrected chi connectivity index (χ4v) is 1.68. The zero-order valence-electron chi connectivity index (χ0n) is 8.36. The Morgan fingerprint density at radius 3 is 3.19 bits per heavy atom. The third-order valence-corrected chi connectivity index (χ3v) is 2.49. The van der Waals surface area contributed by atoms with Crippen molar-refractivity contribution in [3.05, 3.63) is 27.8 Å². The van der Waals surface area contributed by atoms with Crippen LogP contribution in [-0.4, -0.2) is 32.0 Å². The summed E-state index contributed by atoms with van der Waals surface area (Å²) in [6.45, 7) is 0.929. The van der Waals surface area contributed by atoms with Gasteiger partial charge in [0, 0.05) is 6.42 Å². The first kappa shape index (κ1) is 9.22. The van der Waals surface area contributed by atoms with Crippen LogP contribution < -0.4 is 5.56 Å².